The van der Waals surface area contributed by atoms with E-state index in [1.807, 2.05) is 13.8 Å². The summed E-state index contributed by atoms with van der Waals surface area (Å²) in [5, 5.41) is 6.16. The number of aromatic nitrogens is 3. The summed E-state index contributed by atoms with van der Waals surface area (Å²) < 4.78 is 15.9. The fourth-order valence-electron chi connectivity index (χ4n) is 5.21. The van der Waals surface area contributed by atoms with Gasteiger partial charge >= 0.3 is 0 Å². The van der Waals surface area contributed by atoms with Crippen LogP contribution in [0.5, 0.6) is 0 Å². The molecule has 0 radical (unpaired) electrons. The Bertz CT molecular complexity index is 1250. The molecule has 2 aromatic rings. The average Bonchev–Trinajstić information content (AvgIpc) is 2.81. The van der Waals surface area contributed by atoms with E-state index in [-0.39, 0.29) is 17.0 Å². The van der Waals surface area contributed by atoms with E-state index >= 15 is 4.39 Å². The molecule has 34 heavy (non-hydrogen) atoms. The Labute approximate surface area is 203 Å². The van der Waals surface area contributed by atoms with E-state index in [2.05, 4.69) is 37.4 Å². The largest absolute Gasteiger partial charge is 0.352 e. The quantitative estimate of drug-likeness (QED) is 0.631. The van der Waals surface area contributed by atoms with Crippen LogP contribution in [-0.4, -0.2) is 45.4 Å². The van der Waals surface area contributed by atoms with Crippen molar-refractivity contribution >= 4 is 34.7 Å². The molecule has 5 rings (SSSR count). The lowest BCUT2D eigenvalue weighted by Gasteiger charge is -2.29. The molecule has 0 atom stereocenters. The van der Waals surface area contributed by atoms with Crippen LogP contribution in [-0.2, 0) is 24.2 Å². The highest BCUT2D eigenvalue weighted by atomic mass is 35.5. The Kier molecular flexibility index (Phi) is 6.12. The van der Waals surface area contributed by atoms with Crippen LogP contribution in [0, 0.1) is 5.82 Å². The first-order valence-electron chi connectivity index (χ1n) is 11.8. The van der Waals surface area contributed by atoms with Crippen molar-refractivity contribution in [2.75, 3.05) is 25.0 Å². The predicted octanol–water partition coefficient (Wildman–Crippen LogP) is 4.34. The van der Waals surface area contributed by atoms with Gasteiger partial charge in [-0.25, -0.2) is 19.3 Å². The maximum atomic E-state index is 15.9. The Balaban J connectivity index is 1.56. The molecule has 1 aliphatic carbocycles. The van der Waals surface area contributed by atoms with Gasteiger partial charge in [-0.15, -0.1) is 0 Å². The summed E-state index contributed by atoms with van der Waals surface area (Å²) in [6.45, 7) is 9.11. The molecular formula is C25H28ClFN6O. The number of allylic oxidation sites excluding steroid dienone is 1. The monoisotopic (exact) mass is 482 g/mol. The molecule has 0 saturated heterocycles. The van der Waals surface area contributed by atoms with Gasteiger partial charge in [-0.1, -0.05) is 12.5 Å². The van der Waals surface area contributed by atoms with E-state index in [4.69, 9.17) is 11.6 Å². The van der Waals surface area contributed by atoms with Crippen molar-refractivity contribution in [2.24, 2.45) is 0 Å². The van der Waals surface area contributed by atoms with Gasteiger partial charge in [0.1, 0.15) is 5.82 Å². The van der Waals surface area contributed by atoms with Crippen molar-refractivity contribution in [3.05, 3.63) is 56.4 Å². The number of nitrogens with one attached hydrogen (secondary N) is 2. The SMILES string of the molecule is CCN1CCc2nc(Cl)nc(Nc3ncc4c(c3F)C(C)=C(C3=C(C)CCNC3=O)CC4)c2C1. The summed E-state index contributed by atoms with van der Waals surface area (Å²) in [6.07, 6.45) is 4.62. The van der Waals surface area contributed by atoms with Gasteiger partial charge in [-0.3, -0.25) is 9.69 Å². The highest BCUT2D eigenvalue weighted by Crippen LogP contribution is 2.40. The highest BCUT2D eigenvalue weighted by Gasteiger charge is 2.29. The van der Waals surface area contributed by atoms with Crippen molar-refractivity contribution < 1.29 is 9.18 Å². The third kappa shape index (κ3) is 3.99. The maximum absolute atomic E-state index is 15.9. The minimum atomic E-state index is -0.437. The summed E-state index contributed by atoms with van der Waals surface area (Å²) in [5.41, 5.74) is 6.63. The summed E-state index contributed by atoms with van der Waals surface area (Å²) in [7, 11) is 0. The van der Waals surface area contributed by atoms with Crippen molar-refractivity contribution in [2.45, 2.75) is 53.0 Å². The van der Waals surface area contributed by atoms with Crippen molar-refractivity contribution in [3.8, 4) is 0 Å². The lowest BCUT2D eigenvalue weighted by Crippen LogP contribution is -2.32. The van der Waals surface area contributed by atoms with E-state index < -0.39 is 5.82 Å². The zero-order valence-corrected chi connectivity index (χ0v) is 20.4. The molecule has 9 heteroatoms. The summed E-state index contributed by atoms with van der Waals surface area (Å²) in [4.78, 5) is 28.1. The van der Waals surface area contributed by atoms with E-state index in [1.165, 1.54) is 0 Å². The maximum Gasteiger partial charge on any atom is 0.251 e. The molecule has 1 amide bonds. The fraction of sp³-hybridized carbons (Fsp3) is 0.440. The van der Waals surface area contributed by atoms with Gasteiger partial charge in [0.2, 0.25) is 5.28 Å². The van der Waals surface area contributed by atoms with Crippen molar-refractivity contribution in [1.29, 1.82) is 0 Å². The Morgan fingerprint density at radius 3 is 2.76 bits per heavy atom. The number of fused-ring (bicyclic) bond motifs is 2. The summed E-state index contributed by atoms with van der Waals surface area (Å²) in [5.74, 6) is 0.0801. The zero-order valence-electron chi connectivity index (χ0n) is 19.7. The van der Waals surface area contributed by atoms with Crippen LogP contribution in [0.15, 0.2) is 22.9 Å². The molecule has 2 aromatic heterocycles. The number of aryl methyl sites for hydroxylation is 1. The highest BCUT2D eigenvalue weighted by molar-refractivity contribution is 6.28. The molecule has 0 aromatic carbocycles. The van der Waals surface area contributed by atoms with Gasteiger partial charge in [0.25, 0.3) is 5.91 Å². The van der Waals surface area contributed by atoms with Crippen LogP contribution < -0.4 is 10.6 Å². The minimum Gasteiger partial charge on any atom is -0.352 e. The van der Waals surface area contributed by atoms with Crippen LogP contribution in [0.3, 0.4) is 0 Å². The van der Waals surface area contributed by atoms with Gasteiger partial charge in [0.15, 0.2) is 11.6 Å². The lowest BCUT2D eigenvalue weighted by molar-refractivity contribution is -0.117. The van der Waals surface area contributed by atoms with Gasteiger partial charge in [-0.05, 0) is 68.0 Å². The van der Waals surface area contributed by atoms with E-state index in [9.17, 15) is 4.79 Å². The van der Waals surface area contributed by atoms with Crippen LogP contribution in [0.4, 0.5) is 16.0 Å². The molecule has 4 heterocycles. The van der Waals surface area contributed by atoms with Crippen molar-refractivity contribution in [1.82, 2.24) is 25.2 Å². The van der Waals surface area contributed by atoms with Gasteiger partial charge < -0.3 is 10.6 Å². The van der Waals surface area contributed by atoms with Crippen LogP contribution in [0.1, 0.15) is 56.0 Å². The van der Waals surface area contributed by atoms with E-state index in [0.717, 1.165) is 59.5 Å². The van der Waals surface area contributed by atoms with Crippen LogP contribution in [0.2, 0.25) is 5.28 Å². The molecule has 0 bridgehead atoms. The summed E-state index contributed by atoms with van der Waals surface area (Å²) in [6, 6.07) is 0. The first kappa shape index (κ1) is 22.9. The summed E-state index contributed by atoms with van der Waals surface area (Å²) >= 11 is 6.19. The number of nitrogens with zero attached hydrogens (tertiary/aromatic N) is 4. The first-order valence-corrected chi connectivity index (χ1v) is 12.2. The van der Waals surface area contributed by atoms with Gasteiger partial charge in [0, 0.05) is 49.0 Å². The number of hydrogen-bond acceptors (Lipinski definition) is 6. The standard InChI is InChI=1S/C25H28ClFN6O/c1-4-33-10-8-18-17(12-33)22(32-25(26)30-18)31-23-21(27)20-14(3)16(6-5-15(20)11-29-23)19-13(2)7-9-28-24(19)34/h11H,4-10,12H2,1-3H3,(H,28,34)(H,29,30,31,32). The second-order valence-electron chi connectivity index (χ2n) is 9.10. The molecule has 0 spiro atoms. The Hall–Kier alpha value is -2.84. The molecule has 0 fully saturated rings. The lowest BCUT2D eigenvalue weighted by atomic mass is 9.81. The normalized spacial score (nSPS) is 18.6. The smallest absolute Gasteiger partial charge is 0.251 e. The Morgan fingerprint density at radius 1 is 1.18 bits per heavy atom. The molecule has 178 valence electrons. The molecule has 0 saturated carbocycles. The molecule has 2 N–H and O–H groups in total. The van der Waals surface area contributed by atoms with E-state index in [0.29, 0.717) is 42.9 Å². The number of rotatable bonds is 4. The van der Waals surface area contributed by atoms with Gasteiger partial charge in [0.05, 0.1) is 5.69 Å². The number of amides is 1. The molecular weight excluding hydrogens is 455 g/mol. The van der Waals surface area contributed by atoms with E-state index in [1.54, 1.807) is 6.20 Å². The third-order valence-corrected chi connectivity index (χ3v) is 7.28. The zero-order chi connectivity index (χ0) is 24.0. The van der Waals surface area contributed by atoms with Gasteiger partial charge in [-0.2, -0.15) is 0 Å². The predicted molar refractivity (Wildman–Crippen MR) is 130 cm³/mol. The molecule has 7 nitrogen and oxygen atoms in total. The number of hydrogen-bond donors (Lipinski definition) is 2. The Morgan fingerprint density at radius 2 is 2.00 bits per heavy atom. The average molecular weight is 483 g/mol. The number of carbonyl (C=O) groups excluding carboxylic acids is 1. The van der Waals surface area contributed by atoms with Crippen molar-refractivity contribution in [3.63, 3.8) is 0 Å². The van der Waals surface area contributed by atoms with Crippen LogP contribution >= 0.6 is 11.6 Å². The number of anilines is 2. The number of halogens is 2. The minimum absolute atomic E-state index is 0.0721. The topological polar surface area (TPSA) is 83.0 Å². The number of pyridine rings is 1. The molecule has 3 aliphatic rings. The second kappa shape index (κ2) is 9.07. The second-order valence-corrected chi connectivity index (χ2v) is 9.43. The number of carbonyl (C=O) groups is 1. The third-order valence-electron chi connectivity index (χ3n) is 7.11. The fourth-order valence-corrected chi connectivity index (χ4v) is 5.39. The first-order chi connectivity index (χ1) is 16.4. The molecule has 0 unspecified atom stereocenters. The van der Waals surface area contributed by atoms with Crippen LogP contribution in [0.25, 0.3) is 5.57 Å². The number of likely N-dealkylation sites (N-methyl/N-ethyl adjacent to an activating group) is 1. The molecule has 2 aliphatic heterocycles.